The molecule has 3 aromatic carbocycles. The summed E-state index contributed by atoms with van der Waals surface area (Å²) in [5, 5.41) is 0. The third-order valence-electron chi connectivity index (χ3n) is 10.4. The van der Waals surface area contributed by atoms with E-state index >= 15 is 0 Å². The summed E-state index contributed by atoms with van der Waals surface area (Å²) in [6, 6.07) is 27.7. The molecule has 0 spiro atoms. The molecular formula is C42H62NO6P. The zero-order valence-electron chi connectivity index (χ0n) is 32.1. The molecular weight excluding hydrogens is 645 g/mol. The second-order valence-electron chi connectivity index (χ2n) is 14.2. The van der Waals surface area contributed by atoms with E-state index in [9.17, 15) is 0 Å². The van der Waals surface area contributed by atoms with Gasteiger partial charge in [0.2, 0.25) is 0 Å². The summed E-state index contributed by atoms with van der Waals surface area (Å²) < 4.78 is 40.2. The Hall–Kier alpha value is -2.51. The molecule has 0 bridgehead atoms. The first-order chi connectivity index (χ1) is 24.0. The fourth-order valence-electron chi connectivity index (χ4n) is 7.24. The Labute approximate surface area is 303 Å². The second kappa shape index (κ2) is 19.4. The lowest BCUT2D eigenvalue weighted by atomic mass is 9.78. The minimum Gasteiger partial charge on any atom is -0.497 e. The van der Waals surface area contributed by atoms with E-state index in [1.807, 2.05) is 30.3 Å². The number of methoxy groups -OCH3 is 2. The zero-order valence-corrected chi connectivity index (χ0v) is 33.0. The molecule has 0 saturated carbocycles. The van der Waals surface area contributed by atoms with Crippen LogP contribution in [-0.4, -0.2) is 69.9 Å². The molecule has 6 atom stereocenters. The molecule has 1 fully saturated rings. The van der Waals surface area contributed by atoms with Gasteiger partial charge in [0.1, 0.15) is 25.4 Å². The maximum Gasteiger partial charge on any atom is 0.160 e. The summed E-state index contributed by atoms with van der Waals surface area (Å²) in [5.41, 5.74) is 2.16. The third-order valence-corrected chi connectivity index (χ3v) is 12.5. The highest BCUT2D eigenvalue weighted by molar-refractivity contribution is 7.49. The van der Waals surface area contributed by atoms with E-state index in [0.29, 0.717) is 31.2 Å². The van der Waals surface area contributed by atoms with Crippen molar-refractivity contribution in [1.29, 1.82) is 0 Å². The van der Waals surface area contributed by atoms with Gasteiger partial charge in [0, 0.05) is 24.6 Å². The summed E-state index contributed by atoms with van der Waals surface area (Å²) in [6.45, 7) is 19.9. The number of ether oxygens (including phenoxy) is 5. The van der Waals surface area contributed by atoms with Gasteiger partial charge in [-0.1, -0.05) is 75.4 Å². The molecule has 276 valence electrons. The van der Waals surface area contributed by atoms with Crippen LogP contribution in [0.1, 0.15) is 84.4 Å². The monoisotopic (exact) mass is 707 g/mol. The Morgan fingerprint density at radius 3 is 1.72 bits per heavy atom. The van der Waals surface area contributed by atoms with Gasteiger partial charge in [-0.3, -0.25) is 4.67 Å². The molecule has 1 aliphatic heterocycles. The molecule has 0 radical (unpaired) electrons. The molecule has 0 aromatic heterocycles. The van der Waals surface area contributed by atoms with Gasteiger partial charge >= 0.3 is 0 Å². The van der Waals surface area contributed by atoms with Gasteiger partial charge in [-0.2, -0.15) is 0 Å². The van der Waals surface area contributed by atoms with Crippen molar-refractivity contribution in [1.82, 2.24) is 4.67 Å². The first-order valence-electron chi connectivity index (χ1n) is 18.4. The van der Waals surface area contributed by atoms with Gasteiger partial charge in [0.05, 0.1) is 33.5 Å². The molecule has 6 unspecified atom stereocenters. The minimum atomic E-state index is -0.895. The number of rotatable bonds is 19. The van der Waals surface area contributed by atoms with Gasteiger partial charge in [0.25, 0.3) is 0 Å². The van der Waals surface area contributed by atoms with E-state index in [1.165, 1.54) is 0 Å². The van der Waals surface area contributed by atoms with Crippen molar-refractivity contribution in [3.63, 3.8) is 0 Å². The van der Waals surface area contributed by atoms with Crippen LogP contribution in [0.15, 0.2) is 78.9 Å². The average molecular weight is 708 g/mol. The van der Waals surface area contributed by atoms with Gasteiger partial charge in [-0.25, -0.2) is 0 Å². The van der Waals surface area contributed by atoms with Crippen molar-refractivity contribution < 1.29 is 28.2 Å². The molecule has 0 aliphatic carbocycles. The summed E-state index contributed by atoms with van der Waals surface area (Å²) >= 11 is 0. The SMILES string of the molecule is COc1ccc(C(OCC2OC(OCCCCCOP(C)N(C(C)C)C(C)C)C(C)C(C)C2C)(c2ccccc2)c2ccc(OC)cc2)cc1. The van der Waals surface area contributed by atoms with Crippen LogP contribution in [-0.2, 0) is 24.3 Å². The van der Waals surface area contributed by atoms with Crippen LogP contribution in [0.2, 0.25) is 0 Å². The van der Waals surface area contributed by atoms with E-state index in [-0.39, 0.29) is 24.2 Å². The summed E-state index contributed by atoms with van der Waals surface area (Å²) in [5.74, 6) is 2.54. The van der Waals surface area contributed by atoms with Crippen molar-refractivity contribution in [2.75, 3.05) is 40.7 Å². The lowest BCUT2D eigenvalue weighted by Crippen LogP contribution is -2.49. The summed E-state index contributed by atoms with van der Waals surface area (Å²) in [4.78, 5) is 0. The topological polar surface area (TPSA) is 58.6 Å². The van der Waals surface area contributed by atoms with Crippen molar-refractivity contribution in [2.45, 2.75) is 97.8 Å². The molecule has 0 amide bonds. The zero-order chi connectivity index (χ0) is 36.3. The second-order valence-corrected chi connectivity index (χ2v) is 15.9. The Bertz CT molecular complexity index is 1330. The number of hydrogen-bond acceptors (Lipinski definition) is 7. The number of nitrogens with zero attached hydrogens (tertiary/aromatic N) is 1. The van der Waals surface area contributed by atoms with Crippen molar-refractivity contribution in [2.24, 2.45) is 17.8 Å². The quantitative estimate of drug-likeness (QED) is 0.0699. The van der Waals surface area contributed by atoms with Crippen LogP contribution in [0.4, 0.5) is 0 Å². The highest BCUT2D eigenvalue weighted by Crippen LogP contribution is 2.44. The first-order valence-corrected chi connectivity index (χ1v) is 20.1. The van der Waals surface area contributed by atoms with Crippen LogP contribution in [0, 0.1) is 17.8 Å². The highest BCUT2D eigenvalue weighted by atomic mass is 31.2. The minimum absolute atomic E-state index is 0.146. The molecule has 0 N–H and O–H groups in total. The molecule has 50 heavy (non-hydrogen) atoms. The fourth-order valence-corrected chi connectivity index (χ4v) is 9.07. The highest BCUT2D eigenvalue weighted by Gasteiger charge is 2.43. The first kappa shape index (κ1) is 40.3. The third kappa shape index (κ3) is 9.87. The van der Waals surface area contributed by atoms with Gasteiger partial charge < -0.3 is 28.2 Å². The summed E-state index contributed by atoms with van der Waals surface area (Å²) in [6.07, 6.45) is 2.65. The average Bonchev–Trinajstić information content (AvgIpc) is 3.12. The van der Waals surface area contributed by atoms with E-state index in [2.05, 4.69) is 108 Å². The van der Waals surface area contributed by atoms with Crippen molar-refractivity contribution in [3.05, 3.63) is 95.6 Å². The predicted octanol–water partition coefficient (Wildman–Crippen LogP) is 9.91. The van der Waals surface area contributed by atoms with Crippen LogP contribution in [0.3, 0.4) is 0 Å². The molecule has 1 aliphatic rings. The van der Waals surface area contributed by atoms with E-state index in [4.69, 9.17) is 28.2 Å². The maximum absolute atomic E-state index is 7.23. The Kier molecular flexibility index (Phi) is 15.6. The van der Waals surface area contributed by atoms with Crippen molar-refractivity contribution in [3.8, 4) is 11.5 Å². The van der Waals surface area contributed by atoms with Gasteiger partial charge in [-0.15, -0.1) is 0 Å². The fraction of sp³-hybridized carbons (Fsp3) is 0.571. The number of unbranched alkanes of at least 4 members (excludes halogenated alkanes) is 2. The Morgan fingerprint density at radius 2 is 1.20 bits per heavy atom. The normalized spacial score (nSPS) is 21.9. The molecule has 1 heterocycles. The summed E-state index contributed by atoms with van der Waals surface area (Å²) in [7, 11) is 2.79. The Morgan fingerprint density at radius 1 is 0.680 bits per heavy atom. The predicted molar refractivity (Wildman–Crippen MR) is 205 cm³/mol. The van der Waals surface area contributed by atoms with E-state index in [1.54, 1.807) is 14.2 Å². The molecule has 8 heteroatoms. The van der Waals surface area contributed by atoms with Gasteiger partial charge in [0.15, 0.2) is 6.29 Å². The standard InChI is InChI=1S/C42H62NO6P/c1-30(2)43(31(3)4)50(10)48-28-16-12-15-27-46-41-34(7)32(5)33(6)40(49-41)29-47-42(35-17-13-11-14-18-35,36-19-23-38(44-8)24-20-36)37-21-25-39(45-9)26-22-37/h11,13-14,17-26,30-34,40-41H,12,15-16,27-29H2,1-10H3. The van der Waals surface area contributed by atoms with E-state index < -0.39 is 13.9 Å². The lowest BCUT2D eigenvalue weighted by molar-refractivity contribution is -0.261. The van der Waals surface area contributed by atoms with Crippen LogP contribution >= 0.6 is 8.30 Å². The van der Waals surface area contributed by atoms with Crippen LogP contribution in [0.25, 0.3) is 0 Å². The van der Waals surface area contributed by atoms with Crippen LogP contribution < -0.4 is 9.47 Å². The largest absolute Gasteiger partial charge is 0.497 e. The van der Waals surface area contributed by atoms with Gasteiger partial charge in [-0.05, 0) is 106 Å². The molecule has 7 nitrogen and oxygen atoms in total. The van der Waals surface area contributed by atoms with Crippen LogP contribution in [0.5, 0.6) is 11.5 Å². The molecule has 1 saturated heterocycles. The lowest BCUT2D eigenvalue weighted by Gasteiger charge is -2.45. The number of benzene rings is 3. The van der Waals surface area contributed by atoms with E-state index in [0.717, 1.165) is 54.1 Å². The molecule has 3 aromatic rings. The van der Waals surface area contributed by atoms with Crippen molar-refractivity contribution >= 4 is 8.30 Å². The maximum atomic E-state index is 7.23. The Balaban J connectivity index is 1.46. The number of hydrogen-bond donors (Lipinski definition) is 0. The molecule has 4 rings (SSSR count). The smallest absolute Gasteiger partial charge is 0.160 e.